The number of hydrogen-bond acceptors (Lipinski definition) is 5. The van der Waals surface area contributed by atoms with E-state index in [2.05, 4.69) is 0 Å². The number of likely N-dealkylation sites (tertiary alicyclic amines) is 1. The lowest BCUT2D eigenvalue weighted by molar-refractivity contribution is -0.145. The standard InChI is InChI=1S/C17H21F2NO5/c1-17(2,3)25-16(22)20-9-11(8-13(20)15(21)23-4)24-14-6-5-10(18)7-12(14)19/h5-7,11,13H,8-9H2,1-4H3/t11-,13-/m1/s1. The number of methoxy groups -OCH3 is 1. The van der Waals surface area contributed by atoms with E-state index in [4.69, 9.17) is 14.2 Å². The van der Waals surface area contributed by atoms with Crippen molar-refractivity contribution in [3.8, 4) is 5.75 Å². The van der Waals surface area contributed by atoms with Crippen molar-refractivity contribution in [2.24, 2.45) is 0 Å². The largest absolute Gasteiger partial charge is 0.485 e. The van der Waals surface area contributed by atoms with E-state index in [0.29, 0.717) is 6.07 Å². The van der Waals surface area contributed by atoms with Gasteiger partial charge in [-0.2, -0.15) is 0 Å². The molecular weight excluding hydrogens is 336 g/mol. The molecule has 1 fully saturated rings. The Morgan fingerprint density at radius 3 is 2.48 bits per heavy atom. The summed E-state index contributed by atoms with van der Waals surface area (Å²) in [6.07, 6.45) is -1.23. The molecule has 0 aliphatic carbocycles. The first-order valence-corrected chi connectivity index (χ1v) is 7.80. The molecule has 1 aliphatic rings. The Kier molecular flexibility index (Phi) is 5.49. The summed E-state index contributed by atoms with van der Waals surface area (Å²) in [6, 6.07) is 2.03. The summed E-state index contributed by atoms with van der Waals surface area (Å²) >= 11 is 0. The highest BCUT2D eigenvalue weighted by Gasteiger charge is 2.43. The van der Waals surface area contributed by atoms with Gasteiger partial charge in [0.2, 0.25) is 0 Å². The molecule has 2 atom stereocenters. The van der Waals surface area contributed by atoms with Gasteiger partial charge < -0.3 is 14.2 Å². The van der Waals surface area contributed by atoms with Gasteiger partial charge in [0.15, 0.2) is 11.6 Å². The van der Waals surface area contributed by atoms with Gasteiger partial charge in [-0.15, -0.1) is 0 Å². The Labute approximate surface area is 144 Å². The van der Waals surface area contributed by atoms with Crippen molar-refractivity contribution in [2.45, 2.75) is 44.9 Å². The molecule has 0 N–H and O–H groups in total. The summed E-state index contributed by atoms with van der Waals surface area (Å²) in [7, 11) is 1.21. The first-order valence-electron chi connectivity index (χ1n) is 7.80. The van der Waals surface area contributed by atoms with Crippen LogP contribution in [-0.4, -0.2) is 48.4 Å². The van der Waals surface area contributed by atoms with Gasteiger partial charge >= 0.3 is 12.1 Å². The summed E-state index contributed by atoms with van der Waals surface area (Å²) < 4.78 is 42.2. The summed E-state index contributed by atoms with van der Waals surface area (Å²) in [5.41, 5.74) is -0.736. The van der Waals surface area contributed by atoms with E-state index >= 15 is 0 Å². The Morgan fingerprint density at radius 2 is 1.92 bits per heavy atom. The maximum absolute atomic E-state index is 13.7. The van der Waals surface area contributed by atoms with E-state index in [0.717, 1.165) is 12.1 Å². The van der Waals surface area contributed by atoms with Crippen molar-refractivity contribution in [1.82, 2.24) is 4.90 Å². The summed E-state index contributed by atoms with van der Waals surface area (Å²) in [6.45, 7) is 5.13. The lowest BCUT2D eigenvalue weighted by atomic mass is 10.2. The predicted octanol–water partition coefficient (Wildman–Crippen LogP) is 2.89. The van der Waals surface area contributed by atoms with Crippen molar-refractivity contribution in [2.75, 3.05) is 13.7 Å². The maximum atomic E-state index is 13.7. The maximum Gasteiger partial charge on any atom is 0.411 e. The van der Waals surface area contributed by atoms with Crippen molar-refractivity contribution >= 4 is 12.1 Å². The van der Waals surface area contributed by atoms with Crippen LogP contribution < -0.4 is 4.74 Å². The number of rotatable bonds is 3. The molecule has 6 nitrogen and oxygen atoms in total. The lowest BCUT2D eigenvalue weighted by Crippen LogP contribution is -2.44. The third kappa shape index (κ3) is 4.80. The van der Waals surface area contributed by atoms with Crippen molar-refractivity contribution in [3.05, 3.63) is 29.8 Å². The zero-order chi connectivity index (χ0) is 18.8. The highest BCUT2D eigenvalue weighted by atomic mass is 19.1. The van der Waals surface area contributed by atoms with Gasteiger partial charge in [0, 0.05) is 12.5 Å². The number of ether oxygens (including phenoxy) is 3. The highest BCUT2D eigenvalue weighted by Crippen LogP contribution is 2.27. The summed E-state index contributed by atoms with van der Waals surface area (Å²) in [5.74, 6) is -2.35. The van der Waals surface area contributed by atoms with Crippen LogP contribution >= 0.6 is 0 Å². The number of esters is 1. The zero-order valence-corrected chi connectivity index (χ0v) is 14.5. The fourth-order valence-corrected chi connectivity index (χ4v) is 2.51. The van der Waals surface area contributed by atoms with Gasteiger partial charge in [0.25, 0.3) is 0 Å². The number of nitrogens with zero attached hydrogens (tertiary/aromatic N) is 1. The average Bonchev–Trinajstić information content (AvgIpc) is 2.92. The second-order valence-electron chi connectivity index (χ2n) is 6.72. The Morgan fingerprint density at radius 1 is 1.24 bits per heavy atom. The Bertz CT molecular complexity index is 659. The van der Waals surface area contributed by atoms with Crippen LogP contribution in [0, 0.1) is 11.6 Å². The van der Waals surface area contributed by atoms with Crippen LogP contribution in [0.5, 0.6) is 5.75 Å². The molecule has 0 spiro atoms. The van der Waals surface area contributed by atoms with Crippen LogP contribution in [-0.2, 0) is 14.3 Å². The molecule has 2 rings (SSSR count). The molecule has 0 aromatic heterocycles. The average molecular weight is 357 g/mol. The van der Waals surface area contributed by atoms with Gasteiger partial charge in [-0.3, -0.25) is 4.90 Å². The molecule has 1 aliphatic heterocycles. The lowest BCUT2D eigenvalue weighted by Gasteiger charge is -2.27. The fraction of sp³-hybridized carbons (Fsp3) is 0.529. The molecule has 8 heteroatoms. The normalized spacial score (nSPS) is 20.3. The van der Waals surface area contributed by atoms with Gasteiger partial charge in [0.1, 0.15) is 23.6 Å². The number of halogens is 2. The minimum Gasteiger partial charge on any atom is -0.485 e. The van der Waals surface area contributed by atoms with Crippen LogP contribution in [0.4, 0.5) is 13.6 Å². The van der Waals surface area contributed by atoms with Crippen LogP contribution in [0.15, 0.2) is 18.2 Å². The van der Waals surface area contributed by atoms with E-state index in [9.17, 15) is 18.4 Å². The SMILES string of the molecule is COC(=O)[C@H]1C[C@@H](Oc2ccc(F)cc2F)CN1C(=O)OC(C)(C)C. The zero-order valence-electron chi connectivity index (χ0n) is 14.5. The van der Waals surface area contributed by atoms with Crippen molar-refractivity contribution in [3.63, 3.8) is 0 Å². The molecule has 138 valence electrons. The van der Waals surface area contributed by atoms with Gasteiger partial charge in [-0.25, -0.2) is 18.4 Å². The third-order valence-corrected chi connectivity index (χ3v) is 3.55. The molecular formula is C17H21F2NO5. The molecule has 0 radical (unpaired) electrons. The first-order chi connectivity index (χ1) is 11.6. The van der Waals surface area contributed by atoms with Gasteiger partial charge in [-0.1, -0.05) is 0 Å². The second-order valence-corrected chi connectivity index (χ2v) is 6.72. The Balaban J connectivity index is 2.14. The smallest absolute Gasteiger partial charge is 0.411 e. The molecule has 1 aromatic carbocycles. The number of benzene rings is 1. The molecule has 0 saturated carbocycles. The molecule has 1 aromatic rings. The molecule has 1 saturated heterocycles. The topological polar surface area (TPSA) is 65.1 Å². The van der Waals surface area contributed by atoms with E-state index in [1.165, 1.54) is 12.0 Å². The minimum absolute atomic E-state index is 0.0193. The van der Waals surface area contributed by atoms with Crippen LogP contribution in [0.3, 0.4) is 0 Å². The number of hydrogen-bond donors (Lipinski definition) is 0. The molecule has 1 heterocycles. The fourth-order valence-electron chi connectivity index (χ4n) is 2.51. The summed E-state index contributed by atoms with van der Waals surface area (Å²) in [4.78, 5) is 25.5. The molecule has 1 amide bonds. The molecule has 0 bridgehead atoms. The first kappa shape index (κ1) is 19.0. The Hall–Kier alpha value is -2.38. The van der Waals surface area contributed by atoms with Crippen LogP contribution in [0.1, 0.15) is 27.2 Å². The predicted molar refractivity (Wildman–Crippen MR) is 84.1 cm³/mol. The number of carbonyl (C=O) groups excluding carboxylic acids is 2. The monoisotopic (exact) mass is 357 g/mol. The minimum atomic E-state index is -0.895. The second kappa shape index (κ2) is 7.25. The van der Waals surface area contributed by atoms with E-state index in [1.807, 2.05) is 0 Å². The van der Waals surface area contributed by atoms with E-state index < -0.39 is 41.4 Å². The highest BCUT2D eigenvalue weighted by molar-refractivity contribution is 5.82. The molecule has 0 unspecified atom stereocenters. The van der Waals surface area contributed by atoms with Gasteiger partial charge in [0.05, 0.1) is 13.7 Å². The third-order valence-electron chi connectivity index (χ3n) is 3.55. The molecule has 25 heavy (non-hydrogen) atoms. The van der Waals surface area contributed by atoms with Crippen molar-refractivity contribution in [1.29, 1.82) is 0 Å². The van der Waals surface area contributed by atoms with Crippen molar-refractivity contribution < 1.29 is 32.6 Å². The van der Waals surface area contributed by atoms with Crippen LogP contribution in [0.2, 0.25) is 0 Å². The number of amides is 1. The van der Waals surface area contributed by atoms with Gasteiger partial charge in [-0.05, 0) is 32.9 Å². The van der Waals surface area contributed by atoms with E-state index in [-0.39, 0.29) is 18.7 Å². The quantitative estimate of drug-likeness (QED) is 0.779. The van der Waals surface area contributed by atoms with Crippen LogP contribution in [0.25, 0.3) is 0 Å². The number of carbonyl (C=O) groups is 2. The van der Waals surface area contributed by atoms with E-state index in [1.54, 1.807) is 20.8 Å². The summed E-state index contributed by atoms with van der Waals surface area (Å²) in [5, 5.41) is 0.